The molecule has 0 aromatic heterocycles. The van der Waals surface area contributed by atoms with Gasteiger partial charge < -0.3 is 4.74 Å². The number of sulfonamides is 1. The Labute approximate surface area is 134 Å². The predicted octanol–water partition coefficient (Wildman–Crippen LogP) is 3.27. The first-order valence-corrected chi connectivity index (χ1v) is 8.85. The van der Waals surface area contributed by atoms with Crippen molar-refractivity contribution in [1.82, 2.24) is 4.31 Å². The van der Waals surface area contributed by atoms with Crippen molar-refractivity contribution < 1.29 is 17.5 Å². The molecule has 0 heterocycles. The fraction of sp³-hybridized carbons (Fsp3) is 0.538. The molecular weight excluding hydrogens is 340 g/mol. The van der Waals surface area contributed by atoms with E-state index in [1.54, 1.807) is 6.92 Å². The molecule has 0 aliphatic heterocycles. The molecule has 0 bridgehead atoms. The zero-order chi connectivity index (χ0) is 16.0. The Bertz CT molecular complexity index is 581. The second-order valence-electron chi connectivity index (χ2n) is 4.20. The number of hydrogen-bond acceptors (Lipinski definition) is 3. The molecule has 4 nitrogen and oxygen atoms in total. The molecule has 0 N–H and O–H groups in total. The highest BCUT2D eigenvalue weighted by Crippen LogP contribution is 2.27. The van der Waals surface area contributed by atoms with E-state index in [9.17, 15) is 12.8 Å². The quantitative estimate of drug-likeness (QED) is 0.529. The summed E-state index contributed by atoms with van der Waals surface area (Å²) >= 11 is 11.5. The van der Waals surface area contributed by atoms with E-state index in [-0.39, 0.29) is 36.2 Å². The van der Waals surface area contributed by atoms with Crippen LogP contribution in [0.4, 0.5) is 4.39 Å². The third kappa shape index (κ3) is 4.53. The molecule has 1 aromatic rings. The number of benzene rings is 1. The van der Waals surface area contributed by atoms with Gasteiger partial charge in [-0.05, 0) is 19.1 Å². The van der Waals surface area contributed by atoms with E-state index in [0.29, 0.717) is 6.61 Å². The molecule has 21 heavy (non-hydrogen) atoms. The number of rotatable bonds is 8. The molecule has 0 spiro atoms. The lowest BCUT2D eigenvalue weighted by Crippen LogP contribution is -2.34. The summed E-state index contributed by atoms with van der Waals surface area (Å²) in [5.74, 6) is -1.01. The Balaban J connectivity index is 3.19. The topological polar surface area (TPSA) is 46.6 Å². The van der Waals surface area contributed by atoms with Crippen LogP contribution < -0.4 is 0 Å². The van der Waals surface area contributed by atoms with E-state index in [4.69, 9.17) is 27.9 Å². The normalized spacial score (nSPS) is 12.1. The van der Waals surface area contributed by atoms with Gasteiger partial charge >= 0.3 is 0 Å². The smallest absolute Gasteiger partial charge is 0.246 e. The second kappa shape index (κ2) is 8.29. The monoisotopic (exact) mass is 357 g/mol. The average molecular weight is 358 g/mol. The Morgan fingerprint density at radius 1 is 1.33 bits per heavy atom. The average Bonchev–Trinajstić information content (AvgIpc) is 2.45. The molecule has 0 radical (unpaired) electrons. The third-order valence-electron chi connectivity index (χ3n) is 2.88. The zero-order valence-electron chi connectivity index (χ0n) is 11.9. The van der Waals surface area contributed by atoms with Crippen molar-refractivity contribution in [3.05, 3.63) is 28.5 Å². The molecule has 0 saturated carbocycles. The van der Waals surface area contributed by atoms with E-state index < -0.39 is 20.7 Å². The first-order chi connectivity index (χ1) is 9.88. The van der Waals surface area contributed by atoms with Crippen molar-refractivity contribution in [3.63, 3.8) is 0 Å². The van der Waals surface area contributed by atoms with Crippen LogP contribution in [-0.2, 0) is 20.6 Å². The molecule has 8 heteroatoms. The Kier molecular flexibility index (Phi) is 7.36. The van der Waals surface area contributed by atoms with Crippen LogP contribution in [0.5, 0.6) is 0 Å². The van der Waals surface area contributed by atoms with Gasteiger partial charge in [-0.25, -0.2) is 12.8 Å². The van der Waals surface area contributed by atoms with Gasteiger partial charge in [-0.15, -0.1) is 11.6 Å². The van der Waals surface area contributed by atoms with Crippen LogP contribution in [0.1, 0.15) is 19.4 Å². The van der Waals surface area contributed by atoms with Gasteiger partial charge in [0, 0.05) is 30.3 Å². The van der Waals surface area contributed by atoms with Crippen molar-refractivity contribution >= 4 is 33.2 Å². The largest absolute Gasteiger partial charge is 0.380 e. The molecule has 1 aromatic carbocycles. The van der Waals surface area contributed by atoms with Gasteiger partial charge in [-0.3, -0.25) is 0 Å². The van der Waals surface area contributed by atoms with Crippen molar-refractivity contribution in [3.8, 4) is 0 Å². The van der Waals surface area contributed by atoms with E-state index in [1.165, 1.54) is 6.07 Å². The van der Waals surface area contributed by atoms with Gasteiger partial charge in [0.15, 0.2) is 0 Å². The van der Waals surface area contributed by atoms with Crippen LogP contribution >= 0.6 is 23.2 Å². The van der Waals surface area contributed by atoms with Crippen molar-refractivity contribution in [2.45, 2.75) is 24.6 Å². The van der Waals surface area contributed by atoms with Gasteiger partial charge in [0.25, 0.3) is 0 Å². The maximum absolute atomic E-state index is 14.3. The van der Waals surface area contributed by atoms with Crippen LogP contribution in [-0.4, -0.2) is 39.0 Å². The van der Waals surface area contributed by atoms with Gasteiger partial charge in [0.1, 0.15) is 10.7 Å². The summed E-state index contributed by atoms with van der Waals surface area (Å²) in [5.41, 5.74) is 0.0589. The van der Waals surface area contributed by atoms with E-state index in [1.807, 2.05) is 6.92 Å². The summed E-state index contributed by atoms with van der Waals surface area (Å²) in [6.07, 6.45) is 0. The highest BCUT2D eigenvalue weighted by Gasteiger charge is 2.28. The van der Waals surface area contributed by atoms with Gasteiger partial charge in [0.2, 0.25) is 10.0 Å². The fourth-order valence-electron chi connectivity index (χ4n) is 1.80. The molecule has 0 aliphatic rings. The van der Waals surface area contributed by atoms with E-state index in [2.05, 4.69) is 0 Å². The molecule has 0 saturated heterocycles. The molecule has 0 amide bonds. The molecule has 120 valence electrons. The van der Waals surface area contributed by atoms with Crippen LogP contribution in [0.3, 0.4) is 0 Å². The Hall–Kier alpha value is -0.400. The van der Waals surface area contributed by atoms with Crippen LogP contribution in [0.2, 0.25) is 5.02 Å². The Morgan fingerprint density at radius 2 is 2.00 bits per heavy atom. The van der Waals surface area contributed by atoms with Gasteiger partial charge in [-0.2, -0.15) is 4.31 Å². The first-order valence-electron chi connectivity index (χ1n) is 6.50. The standard InChI is InChI=1S/C13H18Cl2FNO3S/c1-3-17(5-6-20-4-2)21(18,19)12-8-11(15)7-10(9-14)13(12)16/h7-8H,3-6,9H2,1-2H3. The molecule has 0 fully saturated rings. The number of likely N-dealkylation sites (N-methyl/N-ethyl adjacent to an activating group) is 1. The first kappa shape index (κ1) is 18.6. The van der Waals surface area contributed by atoms with Crippen LogP contribution in [0.15, 0.2) is 17.0 Å². The maximum Gasteiger partial charge on any atom is 0.246 e. The lowest BCUT2D eigenvalue weighted by molar-refractivity contribution is 0.135. The van der Waals surface area contributed by atoms with Gasteiger partial charge in [0.05, 0.1) is 12.5 Å². The second-order valence-corrected chi connectivity index (χ2v) is 6.81. The zero-order valence-corrected chi connectivity index (χ0v) is 14.2. The number of halogens is 3. The SMILES string of the molecule is CCOCCN(CC)S(=O)(=O)c1cc(Cl)cc(CCl)c1F. The summed E-state index contributed by atoms with van der Waals surface area (Å²) in [4.78, 5) is -0.455. The van der Waals surface area contributed by atoms with Crippen LogP contribution in [0.25, 0.3) is 0 Å². The van der Waals surface area contributed by atoms with Crippen molar-refractivity contribution in [1.29, 1.82) is 0 Å². The molecule has 0 atom stereocenters. The predicted molar refractivity (Wildman–Crippen MR) is 81.9 cm³/mol. The highest BCUT2D eigenvalue weighted by molar-refractivity contribution is 7.89. The summed E-state index contributed by atoms with van der Waals surface area (Å²) in [6, 6.07) is 2.42. The van der Waals surface area contributed by atoms with Crippen LogP contribution in [0, 0.1) is 5.82 Å². The third-order valence-corrected chi connectivity index (χ3v) is 5.36. The highest BCUT2D eigenvalue weighted by atomic mass is 35.5. The van der Waals surface area contributed by atoms with Crippen molar-refractivity contribution in [2.24, 2.45) is 0 Å². The molecule has 0 unspecified atom stereocenters. The van der Waals surface area contributed by atoms with E-state index in [0.717, 1.165) is 10.4 Å². The van der Waals surface area contributed by atoms with E-state index >= 15 is 0 Å². The van der Waals surface area contributed by atoms with Gasteiger partial charge in [-0.1, -0.05) is 18.5 Å². The maximum atomic E-state index is 14.3. The Morgan fingerprint density at radius 3 is 2.52 bits per heavy atom. The molecular formula is C13H18Cl2FNO3S. The summed E-state index contributed by atoms with van der Waals surface area (Å²) in [7, 11) is -3.98. The fourth-order valence-corrected chi connectivity index (χ4v) is 3.87. The number of alkyl halides is 1. The summed E-state index contributed by atoms with van der Waals surface area (Å²) in [6.45, 7) is 4.57. The summed E-state index contributed by atoms with van der Waals surface area (Å²) in [5, 5.41) is 0.131. The lowest BCUT2D eigenvalue weighted by atomic mass is 10.2. The van der Waals surface area contributed by atoms with Crippen molar-refractivity contribution in [2.75, 3.05) is 26.3 Å². The lowest BCUT2D eigenvalue weighted by Gasteiger charge is -2.21. The number of nitrogens with zero attached hydrogens (tertiary/aromatic N) is 1. The summed E-state index contributed by atoms with van der Waals surface area (Å²) < 4.78 is 45.6. The molecule has 0 aliphatic carbocycles. The number of ether oxygens (including phenoxy) is 1. The minimum Gasteiger partial charge on any atom is -0.380 e. The molecule has 1 rings (SSSR count). The minimum absolute atomic E-state index is 0.0589. The minimum atomic E-state index is -3.98. The number of hydrogen-bond donors (Lipinski definition) is 0.